The topological polar surface area (TPSA) is 75.2 Å². The predicted molar refractivity (Wildman–Crippen MR) is 152 cm³/mol. The van der Waals surface area contributed by atoms with Crippen molar-refractivity contribution < 1.29 is 4.52 Å². The highest BCUT2D eigenvalue weighted by Gasteiger charge is 2.46. The molecule has 2 aliphatic rings. The van der Waals surface area contributed by atoms with Crippen molar-refractivity contribution >= 4 is 27.2 Å². The van der Waals surface area contributed by atoms with Crippen LogP contribution in [-0.4, -0.2) is 42.2 Å². The molecule has 7 nitrogen and oxygen atoms in total. The van der Waals surface area contributed by atoms with Crippen LogP contribution in [0.25, 0.3) is 27.1 Å². The Balaban J connectivity index is 1.24. The maximum atomic E-state index is 5.43. The van der Waals surface area contributed by atoms with Gasteiger partial charge in [0.25, 0.3) is 0 Å². The monoisotopic (exact) mass is 528 g/mol. The molecule has 6 heterocycles. The molecular formula is C30H36N6OS. The Morgan fingerprint density at radius 3 is 2.61 bits per heavy atom. The highest BCUT2D eigenvalue weighted by atomic mass is 32.1. The van der Waals surface area contributed by atoms with E-state index in [4.69, 9.17) is 4.52 Å². The van der Waals surface area contributed by atoms with E-state index in [1.54, 1.807) is 11.2 Å². The standard InChI is InChI=1S/C30H36N6OS/c1-14(2)25-26-17(5)28(22-9-21-8-20(22)10-35(21)11-24-18(6)34-37-19(24)7)38-30(26)33-27(25)23-12-36-29(31-13-32-36)16(4)15(23)3/h12-14,20-22,33H,8-11H2,1-7H3/t20-,21-,22+/m0/s1. The Morgan fingerprint density at radius 2 is 1.92 bits per heavy atom. The Labute approximate surface area is 227 Å². The van der Waals surface area contributed by atoms with Crippen LogP contribution in [0.5, 0.6) is 0 Å². The van der Waals surface area contributed by atoms with E-state index in [9.17, 15) is 0 Å². The van der Waals surface area contributed by atoms with Gasteiger partial charge >= 0.3 is 0 Å². The van der Waals surface area contributed by atoms with Crippen molar-refractivity contribution in [3.05, 3.63) is 56.7 Å². The predicted octanol–water partition coefficient (Wildman–Crippen LogP) is 6.97. The summed E-state index contributed by atoms with van der Waals surface area (Å²) in [4.78, 5) is 13.9. The first-order valence-corrected chi connectivity index (χ1v) is 14.6. The third kappa shape index (κ3) is 3.39. The zero-order valence-corrected chi connectivity index (χ0v) is 24.2. The summed E-state index contributed by atoms with van der Waals surface area (Å²) >= 11 is 2.00. The van der Waals surface area contributed by atoms with Gasteiger partial charge in [0.05, 0.1) is 11.4 Å². The summed E-state index contributed by atoms with van der Waals surface area (Å²) in [5.74, 6) is 2.77. The minimum atomic E-state index is 0.414. The fourth-order valence-corrected chi connectivity index (χ4v) is 8.77. The average Bonchev–Trinajstić information content (AvgIpc) is 3.71. The van der Waals surface area contributed by atoms with Gasteiger partial charge in [-0.3, -0.25) is 4.90 Å². The number of H-pyrrole nitrogens is 1. The van der Waals surface area contributed by atoms with Crippen LogP contribution in [0.15, 0.2) is 17.0 Å². The molecule has 0 unspecified atom stereocenters. The third-order valence-electron chi connectivity index (χ3n) is 9.47. The number of nitrogens with zero attached hydrogens (tertiary/aromatic N) is 5. The molecular weight excluding hydrogens is 492 g/mol. The summed E-state index contributed by atoms with van der Waals surface area (Å²) in [6.45, 7) is 17.6. The Hall–Kier alpha value is -2.97. The van der Waals surface area contributed by atoms with Crippen molar-refractivity contribution in [3.63, 3.8) is 0 Å². The van der Waals surface area contributed by atoms with Crippen molar-refractivity contribution in [1.29, 1.82) is 0 Å². The molecule has 1 aliphatic heterocycles. The number of hydrogen-bond donors (Lipinski definition) is 1. The van der Waals surface area contributed by atoms with Crippen molar-refractivity contribution in [2.45, 2.75) is 85.7 Å². The maximum Gasteiger partial charge on any atom is 0.158 e. The Kier molecular flexibility index (Phi) is 5.40. The molecule has 0 spiro atoms. The zero-order chi connectivity index (χ0) is 26.5. The molecule has 198 valence electrons. The van der Waals surface area contributed by atoms with Crippen LogP contribution in [0.2, 0.25) is 0 Å². The van der Waals surface area contributed by atoms with Crippen LogP contribution < -0.4 is 0 Å². The van der Waals surface area contributed by atoms with Gasteiger partial charge in [-0.1, -0.05) is 19.0 Å². The van der Waals surface area contributed by atoms with Gasteiger partial charge in [-0.25, -0.2) is 9.50 Å². The number of piperidine rings is 1. The van der Waals surface area contributed by atoms with E-state index in [0.717, 1.165) is 29.6 Å². The first kappa shape index (κ1) is 24.1. The molecule has 8 heteroatoms. The van der Waals surface area contributed by atoms with E-state index in [1.807, 2.05) is 22.8 Å². The Bertz CT molecular complexity index is 1680. The number of fused-ring (bicyclic) bond motifs is 4. The molecule has 2 bridgehead atoms. The minimum Gasteiger partial charge on any atom is -0.361 e. The lowest BCUT2D eigenvalue weighted by Crippen LogP contribution is -2.34. The number of pyridine rings is 1. The molecule has 38 heavy (non-hydrogen) atoms. The van der Waals surface area contributed by atoms with Gasteiger partial charge in [0, 0.05) is 46.7 Å². The fourth-order valence-electron chi connectivity index (χ4n) is 7.34. The number of rotatable bonds is 5. The number of thiophene rings is 1. The van der Waals surface area contributed by atoms with Crippen LogP contribution in [0.4, 0.5) is 0 Å². The second-order valence-corrected chi connectivity index (χ2v) is 13.0. The number of hydrogen-bond acceptors (Lipinski definition) is 6. The highest BCUT2D eigenvalue weighted by Crippen LogP contribution is 2.53. The van der Waals surface area contributed by atoms with E-state index in [0.29, 0.717) is 17.9 Å². The van der Waals surface area contributed by atoms with E-state index in [-0.39, 0.29) is 0 Å². The number of nitrogens with one attached hydrogen (secondary N) is 1. The second kappa shape index (κ2) is 8.52. The number of aryl methyl sites for hydroxylation is 4. The smallest absolute Gasteiger partial charge is 0.158 e. The molecule has 5 aromatic heterocycles. The van der Waals surface area contributed by atoms with Gasteiger partial charge in [-0.05, 0) is 87.5 Å². The minimum absolute atomic E-state index is 0.414. The van der Waals surface area contributed by atoms with Crippen molar-refractivity contribution in [2.24, 2.45) is 5.92 Å². The van der Waals surface area contributed by atoms with Crippen molar-refractivity contribution in [3.8, 4) is 11.3 Å². The molecule has 1 N–H and O–H groups in total. The van der Waals surface area contributed by atoms with Gasteiger partial charge in [0.1, 0.15) is 16.9 Å². The van der Waals surface area contributed by atoms with Crippen molar-refractivity contribution in [2.75, 3.05) is 6.54 Å². The van der Waals surface area contributed by atoms with Crippen LogP contribution in [0.3, 0.4) is 0 Å². The van der Waals surface area contributed by atoms with Gasteiger partial charge < -0.3 is 9.51 Å². The molecule has 3 atom stereocenters. The first-order chi connectivity index (χ1) is 18.2. The van der Waals surface area contributed by atoms with Crippen LogP contribution in [0.1, 0.15) is 82.7 Å². The summed E-state index contributed by atoms with van der Waals surface area (Å²) in [5.41, 5.74) is 11.1. The summed E-state index contributed by atoms with van der Waals surface area (Å²) in [6.07, 6.45) is 6.34. The normalized spacial score (nSPS) is 21.7. The summed E-state index contributed by atoms with van der Waals surface area (Å²) in [7, 11) is 0. The van der Waals surface area contributed by atoms with Gasteiger partial charge in [0.2, 0.25) is 0 Å². The average molecular weight is 529 g/mol. The van der Waals surface area contributed by atoms with Crippen LogP contribution in [0, 0.1) is 40.5 Å². The SMILES string of the molecule is Cc1noc(C)c1CN1C[C@@H]2C[C@H]1C[C@H]2c1sc2[nH]c(-c3cn4ncnc4c(C)c3C)c(C(C)C)c2c1C. The number of likely N-dealkylation sites (tertiary alicyclic amines) is 1. The lowest BCUT2D eigenvalue weighted by atomic mass is 9.88. The zero-order valence-electron chi connectivity index (χ0n) is 23.3. The van der Waals surface area contributed by atoms with Gasteiger partial charge in [-0.15, -0.1) is 11.3 Å². The largest absolute Gasteiger partial charge is 0.361 e. The molecule has 1 saturated heterocycles. The molecule has 7 rings (SSSR count). The Morgan fingerprint density at radius 1 is 1.11 bits per heavy atom. The highest BCUT2D eigenvalue weighted by molar-refractivity contribution is 7.19. The fraction of sp³-hybridized carbons (Fsp3) is 0.500. The van der Waals surface area contributed by atoms with E-state index >= 15 is 0 Å². The molecule has 1 aliphatic carbocycles. The van der Waals surface area contributed by atoms with Crippen molar-refractivity contribution in [1.82, 2.24) is 29.6 Å². The quantitative estimate of drug-likeness (QED) is 0.267. The maximum absolute atomic E-state index is 5.43. The molecule has 5 aromatic rings. The lowest BCUT2D eigenvalue weighted by Gasteiger charge is -2.31. The second-order valence-electron chi connectivity index (χ2n) is 11.9. The van der Waals surface area contributed by atoms with Gasteiger partial charge in [-0.2, -0.15) is 5.10 Å². The van der Waals surface area contributed by atoms with Crippen LogP contribution >= 0.6 is 11.3 Å². The number of aromatic nitrogens is 5. The first-order valence-electron chi connectivity index (χ1n) is 13.8. The van der Waals surface area contributed by atoms with Gasteiger partial charge in [0.15, 0.2) is 5.65 Å². The van der Waals surface area contributed by atoms with E-state index < -0.39 is 0 Å². The van der Waals surface area contributed by atoms with Crippen LogP contribution in [-0.2, 0) is 6.54 Å². The number of aromatic amines is 1. The van der Waals surface area contributed by atoms with E-state index in [2.05, 4.69) is 72.9 Å². The molecule has 0 radical (unpaired) electrons. The summed E-state index contributed by atoms with van der Waals surface area (Å²) < 4.78 is 7.35. The summed E-state index contributed by atoms with van der Waals surface area (Å²) in [6, 6.07) is 0.652. The summed E-state index contributed by atoms with van der Waals surface area (Å²) in [5, 5.41) is 10.1. The lowest BCUT2D eigenvalue weighted by molar-refractivity contribution is 0.191. The molecule has 0 amide bonds. The third-order valence-corrected chi connectivity index (χ3v) is 10.8. The molecule has 0 aromatic carbocycles. The molecule has 2 fully saturated rings. The molecule has 1 saturated carbocycles. The van der Waals surface area contributed by atoms with E-state index in [1.165, 1.54) is 68.7 Å².